The molecule has 0 saturated heterocycles. The van der Waals surface area contributed by atoms with E-state index in [1.165, 1.54) is 24.3 Å². The zero-order valence-corrected chi connectivity index (χ0v) is 15.0. The van der Waals surface area contributed by atoms with E-state index in [0.717, 1.165) is 0 Å². The highest BCUT2D eigenvalue weighted by atomic mass is 35.5. The van der Waals surface area contributed by atoms with Crippen molar-refractivity contribution in [2.45, 2.75) is 0 Å². The van der Waals surface area contributed by atoms with Crippen molar-refractivity contribution in [1.82, 2.24) is 9.80 Å². The van der Waals surface area contributed by atoms with E-state index >= 15 is 0 Å². The number of benzene rings is 2. The van der Waals surface area contributed by atoms with Gasteiger partial charge < -0.3 is 9.80 Å². The van der Waals surface area contributed by atoms with Gasteiger partial charge in [-0.05, 0) is 30.3 Å². The summed E-state index contributed by atoms with van der Waals surface area (Å²) in [6.07, 6.45) is 3.37. The smallest absolute Gasteiger partial charge is 0.182 e. The summed E-state index contributed by atoms with van der Waals surface area (Å²) in [6, 6.07) is 10.3. The minimum absolute atomic E-state index is 0.0530. The van der Waals surface area contributed by atoms with Crippen LogP contribution in [0.5, 0.6) is 0 Å². The topological polar surface area (TPSA) is 40.6 Å². The molecule has 26 heavy (non-hydrogen) atoms. The van der Waals surface area contributed by atoms with Gasteiger partial charge in [-0.15, -0.1) is 0 Å². The molecule has 1 aliphatic rings. The SMILES string of the molecule is O=C(CN1[CH]N(CC(=O)c2ccc(Cl)c(Cl)c2)C=C1)c1cccc(F)c1. The Balaban J connectivity index is 1.55. The van der Waals surface area contributed by atoms with Crippen molar-refractivity contribution in [1.29, 1.82) is 0 Å². The van der Waals surface area contributed by atoms with Gasteiger partial charge in [0.2, 0.25) is 0 Å². The molecule has 3 rings (SSSR count). The van der Waals surface area contributed by atoms with Crippen LogP contribution in [0.1, 0.15) is 20.7 Å². The van der Waals surface area contributed by atoms with Crippen LogP contribution in [-0.2, 0) is 0 Å². The predicted octanol–water partition coefficient (Wildman–Crippen LogP) is 4.41. The van der Waals surface area contributed by atoms with Crippen LogP contribution >= 0.6 is 23.2 Å². The number of Topliss-reactive ketones (excluding diaryl/α,β-unsaturated/α-hetero) is 2. The lowest BCUT2D eigenvalue weighted by molar-refractivity contribution is 0.0947. The maximum Gasteiger partial charge on any atom is 0.182 e. The van der Waals surface area contributed by atoms with Crippen molar-refractivity contribution in [3.05, 3.63) is 88.5 Å². The number of hydrogen-bond donors (Lipinski definition) is 0. The number of carbonyl (C=O) groups is 2. The molecule has 7 heteroatoms. The molecule has 1 aliphatic heterocycles. The molecule has 0 N–H and O–H groups in total. The fourth-order valence-electron chi connectivity index (χ4n) is 2.47. The second-order valence-corrected chi connectivity index (χ2v) is 6.56. The van der Waals surface area contributed by atoms with E-state index in [1.54, 1.807) is 47.1 Å². The van der Waals surface area contributed by atoms with E-state index in [4.69, 9.17) is 23.2 Å². The van der Waals surface area contributed by atoms with E-state index in [9.17, 15) is 14.0 Å². The van der Waals surface area contributed by atoms with Gasteiger partial charge in [0, 0.05) is 23.5 Å². The van der Waals surface area contributed by atoms with Crippen molar-refractivity contribution < 1.29 is 14.0 Å². The molecule has 1 heterocycles. The zero-order valence-electron chi connectivity index (χ0n) is 13.5. The Hall–Kier alpha value is -2.37. The van der Waals surface area contributed by atoms with Gasteiger partial charge in [-0.25, -0.2) is 4.39 Å². The number of carbonyl (C=O) groups excluding carboxylic acids is 2. The molecule has 0 unspecified atom stereocenters. The molecule has 0 saturated carbocycles. The maximum atomic E-state index is 13.2. The molecule has 0 amide bonds. The van der Waals surface area contributed by atoms with Gasteiger partial charge in [0.05, 0.1) is 23.1 Å². The molecular formula is C19H14Cl2FN2O2. The van der Waals surface area contributed by atoms with Gasteiger partial charge in [0.1, 0.15) is 12.5 Å². The normalized spacial score (nSPS) is 13.3. The summed E-state index contributed by atoms with van der Waals surface area (Å²) in [5, 5.41) is 0.707. The van der Waals surface area contributed by atoms with Gasteiger partial charge in [0.15, 0.2) is 11.6 Å². The highest BCUT2D eigenvalue weighted by Gasteiger charge is 2.20. The first-order valence-electron chi connectivity index (χ1n) is 7.74. The molecule has 2 aromatic carbocycles. The van der Waals surface area contributed by atoms with Gasteiger partial charge in [0.25, 0.3) is 0 Å². The second-order valence-electron chi connectivity index (χ2n) is 5.74. The summed E-state index contributed by atoms with van der Waals surface area (Å²) >= 11 is 11.8. The summed E-state index contributed by atoms with van der Waals surface area (Å²) in [7, 11) is 0. The largest absolute Gasteiger partial charge is 0.345 e. The van der Waals surface area contributed by atoms with Crippen LogP contribution in [-0.4, -0.2) is 34.5 Å². The Morgan fingerprint density at radius 1 is 0.846 bits per heavy atom. The highest BCUT2D eigenvalue weighted by molar-refractivity contribution is 6.42. The Kier molecular flexibility index (Phi) is 5.59. The maximum absolute atomic E-state index is 13.2. The van der Waals surface area contributed by atoms with Crippen molar-refractivity contribution in [2.24, 2.45) is 0 Å². The van der Waals surface area contributed by atoms with Crippen LogP contribution in [0.2, 0.25) is 10.0 Å². The Labute approximate surface area is 160 Å². The zero-order chi connectivity index (χ0) is 18.7. The number of ketones is 2. The van der Waals surface area contributed by atoms with Crippen molar-refractivity contribution >= 4 is 34.8 Å². The standard InChI is InChI=1S/C19H14Cl2FN2O2/c20-16-5-4-14(9-17(16)21)19(26)11-24-7-6-23(12-24)10-18(25)13-2-1-3-15(22)8-13/h1-9,12H,10-11H2. The Bertz CT molecular complexity index is 886. The van der Waals surface area contributed by atoms with Crippen molar-refractivity contribution in [3.63, 3.8) is 0 Å². The molecule has 0 spiro atoms. The third kappa shape index (κ3) is 4.42. The molecular weight excluding hydrogens is 378 g/mol. The van der Waals surface area contributed by atoms with Crippen molar-refractivity contribution in [2.75, 3.05) is 13.1 Å². The summed E-state index contributed by atoms with van der Waals surface area (Å²) in [6.45, 7) is 1.79. The molecule has 133 valence electrons. The summed E-state index contributed by atoms with van der Waals surface area (Å²) in [4.78, 5) is 27.8. The quantitative estimate of drug-likeness (QED) is 0.683. The van der Waals surface area contributed by atoms with E-state index in [1.807, 2.05) is 0 Å². The molecule has 0 fully saturated rings. The van der Waals surface area contributed by atoms with Crippen LogP contribution < -0.4 is 0 Å². The van der Waals surface area contributed by atoms with Gasteiger partial charge >= 0.3 is 0 Å². The fraction of sp³-hybridized carbons (Fsp3) is 0.105. The van der Waals surface area contributed by atoms with E-state index in [2.05, 4.69) is 0 Å². The number of nitrogens with zero attached hydrogens (tertiary/aromatic N) is 2. The number of hydrogen-bond acceptors (Lipinski definition) is 4. The van der Waals surface area contributed by atoms with Gasteiger partial charge in [-0.1, -0.05) is 35.3 Å². The highest BCUT2D eigenvalue weighted by Crippen LogP contribution is 2.23. The summed E-state index contributed by atoms with van der Waals surface area (Å²) in [5.74, 6) is -0.809. The lowest BCUT2D eigenvalue weighted by Crippen LogP contribution is -2.28. The molecule has 0 aromatic heterocycles. The van der Waals surface area contributed by atoms with E-state index in [-0.39, 0.29) is 24.7 Å². The van der Waals surface area contributed by atoms with Crippen molar-refractivity contribution in [3.8, 4) is 0 Å². The number of rotatable bonds is 6. The average Bonchev–Trinajstić information content (AvgIpc) is 3.04. The lowest BCUT2D eigenvalue weighted by atomic mass is 10.1. The van der Waals surface area contributed by atoms with E-state index in [0.29, 0.717) is 21.2 Å². The van der Waals surface area contributed by atoms with Gasteiger partial charge in [-0.2, -0.15) is 0 Å². The molecule has 0 aliphatic carbocycles. The summed E-state index contributed by atoms with van der Waals surface area (Å²) in [5.41, 5.74) is 0.757. The first kappa shape index (κ1) is 18.4. The first-order chi connectivity index (χ1) is 12.4. The molecule has 2 aromatic rings. The van der Waals surface area contributed by atoms with E-state index < -0.39 is 5.82 Å². The molecule has 4 nitrogen and oxygen atoms in total. The summed E-state index contributed by atoms with van der Waals surface area (Å²) < 4.78 is 13.2. The third-order valence-electron chi connectivity index (χ3n) is 3.79. The van der Waals surface area contributed by atoms with Gasteiger partial charge in [-0.3, -0.25) is 9.59 Å². The van der Waals surface area contributed by atoms with Crippen LogP contribution in [0, 0.1) is 12.5 Å². The predicted molar refractivity (Wildman–Crippen MR) is 98.4 cm³/mol. The molecule has 0 atom stereocenters. The Morgan fingerprint density at radius 3 is 2.04 bits per heavy atom. The van der Waals surface area contributed by atoms with Crippen LogP contribution in [0.25, 0.3) is 0 Å². The second kappa shape index (κ2) is 7.89. The molecule has 0 bridgehead atoms. The van der Waals surface area contributed by atoms with Crippen LogP contribution in [0.4, 0.5) is 4.39 Å². The van der Waals surface area contributed by atoms with Crippen LogP contribution in [0.15, 0.2) is 54.9 Å². The minimum atomic E-state index is -0.453. The minimum Gasteiger partial charge on any atom is -0.345 e. The average molecular weight is 392 g/mol. The molecule has 1 radical (unpaired) electrons. The monoisotopic (exact) mass is 391 g/mol. The third-order valence-corrected chi connectivity index (χ3v) is 4.53. The first-order valence-corrected chi connectivity index (χ1v) is 8.50. The lowest BCUT2D eigenvalue weighted by Gasteiger charge is -2.19. The number of halogens is 3. The Morgan fingerprint density at radius 2 is 1.46 bits per heavy atom. The van der Waals surface area contributed by atoms with Crippen LogP contribution in [0.3, 0.4) is 0 Å². The fourth-order valence-corrected chi connectivity index (χ4v) is 2.77.